The Kier molecular flexibility index (Phi) is 3.09. The third-order valence-corrected chi connectivity index (χ3v) is 3.69. The molecule has 0 amide bonds. The van der Waals surface area contributed by atoms with Gasteiger partial charge in [0.25, 0.3) is 0 Å². The normalized spacial score (nSPS) is 22.3. The number of hydrogen-bond donors (Lipinski definition) is 2. The number of rotatable bonds is 2. The third-order valence-electron chi connectivity index (χ3n) is 3.69. The number of carboxylic acid groups (broad SMARTS) is 1. The van der Waals surface area contributed by atoms with E-state index in [1.807, 2.05) is 6.07 Å². The highest BCUT2D eigenvalue weighted by atomic mass is 16.4. The summed E-state index contributed by atoms with van der Waals surface area (Å²) in [5, 5.41) is 12.4. The van der Waals surface area contributed by atoms with Crippen LogP contribution in [0.2, 0.25) is 0 Å². The molecule has 0 aliphatic carbocycles. The van der Waals surface area contributed by atoms with Crippen LogP contribution in [-0.2, 0) is 17.8 Å². The Morgan fingerprint density at radius 1 is 1.32 bits per heavy atom. The molecule has 2 heterocycles. The number of benzene rings is 1. The molecule has 0 aromatic heterocycles. The highest BCUT2D eigenvalue weighted by Gasteiger charge is 2.29. The van der Waals surface area contributed by atoms with Gasteiger partial charge in [-0.2, -0.15) is 0 Å². The van der Waals surface area contributed by atoms with Crippen molar-refractivity contribution in [2.45, 2.75) is 19.1 Å². The van der Waals surface area contributed by atoms with Crippen molar-refractivity contribution in [3.8, 4) is 0 Å². The number of aliphatic carboxylic acids is 1. The molecule has 2 aliphatic heterocycles. The number of nitrogens with zero attached hydrogens (tertiary/aromatic N) is 1. The van der Waals surface area contributed by atoms with Gasteiger partial charge < -0.3 is 10.4 Å². The lowest BCUT2D eigenvalue weighted by molar-refractivity contribution is -0.133. The second-order valence-electron chi connectivity index (χ2n) is 4.84. The fourth-order valence-corrected chi connectivity index (χ4v) is 2.71. The van der Waals surface area contributed by atoms with Crippen molar-refractivity contribution in [1.29, 1.82) is 0 Å². The molecule has 0 spiro atoms. The van der Waals surface area contributed by atoms with Crippen molar-refractivity contribution in [2.75, 3.05) is 6.54 Å². The summed E-state index contributed by atoms with van der Waals surface area (Å²) in [6, 6.07) is 8.35. The second-order valence-corrected chi connectivity index (χ2v) is 4.84. The molecule has 0 fully saturated rings. The van der Waals surface area contributed by atoms with Gasteiger partial charge in [0.05, 0.1) is 5.57 Å². The summed E-state index contributed by atoms with van der Waals surface area (Å²) < 4.78 is 0. The van der Waals surface area contributed by atoms with E-state index in [-0.39, 0.29) is 6.17 Å². The van der Waals surface area contributed by atoms with Gasteiger partial charge in [-0.1, -0.05) is 24.3 Å². The van der Waals surface area contributed by atoms with Gasteiger partial charge in [-0.25, -0.2) is 4.79 Å². The Bertz CT molecular complexity index is 563. The molecule has 1 atom stereocenters. The molecule has 2 aliphatic rings. The maximum atomic E-state index is 11.3. The largest absolute Gasteiger partial charge is 0.478 e. The summed E-state index contributed by atoms with van der Waals surface area (Å²) in [7, 11) is 0. The Balaban J connectivity index is 1.83. The van der Waals surface area contributed by atoms with Crippen molar-refractivity contribution in [2.24, 2.45) is 0 Å². The summed E-state index contributed by atoms with van der Waals surface area (Å²) in [6.45, 7) is 1.65. The maximum Gasteiger partial charge on any atom is 0.335 e. The van der Waals surface area contributed by atoms with E-state index in [1.54, 1.807) is 18.4 Å². The molecule has 4 heteroatoms. The molecule has 0 saturated heterocycles. The predicted octanol–water partition coefficient (Wildman–Crippen LogP) is 1.50. The minimum Gasteiger partial charge on any atom is -0.478 e. The quantitative estimate of drug-likeness (QED) is 0.842. The average Bonchev–Trinajstić information content (AvgIpc) is 2.46. The van der Waals surface area contributed by atoms with Crippen LogP contribution in [0.1, 0.15) is 11.1 Å². The summed E-state index contributed by atoms with van der Waals surface area (Å²) in [5.41, 5.74) is 3.06. The van der Waals surface area contributed by atoms with Crippen LogP contribution in [0.5, 0.6) is 0 Å². The van der Waals surface area contributed by atoms with Crippen LogP contribution in [0.3, 0.4) is 0 Å². The van der Waals surface area contributed by atoms with Gasteiger partial charge in [0.1, 0.15) is 6.17 Å². The molecule has 3 rings (SSSR count). The molecule has 1 aromatic carbocycles. The van der Waals surface area contributed by atoms with Crippen molar-refractivity contribution in [3.63, 3.8) is 0 Å². The minimum absolute atomic E-state index is 0.240. The van der Waals surface area contributed by atoms with Crippen molar-refractivity contribution in [1.82, 2.24) is 10.2 Å². The molecular formula is C15H16N2O2. The highest BCUT2D eigenvalue weighted by molar-refractivity contribution is 5.88. The fourth-order valence-electron chi connectivity index (χ4n) is 2.71. The van der Waals surface area contributed by atoms with Gasteiger partial charge in [-0.15, -0.1) is 0 Å². The standard InChI is InChI=1S/C15H16N2O2/c18-15(19)13-6-3-8-16-14(13)17-9-7-11-4-1-2-5-12(11)10-17/h1-6,8,14,16H,7,9-10H2,(H,18,19). The van der Waals surface area contributed by atoms with Gasteiger partial charge in [0, 0.05) is 13.1 Å². The van der Waals surface area contributed by atoms with E-state index >= 15 is 0 Å². The topological polar surface area (TPSA) is 52.6 Å². The fraction of sp³-hybridized carbons (Fsp3) is 0.267. The lowest BCUT2D eigenvalue weighted by Crippen LogP contribution is -2.49. The molecule has 1 aromatic rings. The Morgan fingerprint density at radius 2 is 2.11 bits per heavy atom. The molecule has 0 radical (unpaired) electrons. The van der Waals surface area contributed by atoms with Crippen molar-refractivity contribution in [3.05, 3.63) is 59.3 Å². The Labute approximate surface area is 112 Å². The molecule has 4 nitrogen and oxygen atoms in total. The summed E-state index contributed by atoms with van der Waals surface area (Å²) in [4.78, 5) is 13.5. The van der Waals surface area contributed by atoms with Gasteiger partial charge in [-0.05, 0) is 35.9 Å². The van der Waals surface area contributed by atoms with Crippen LogP contribution < -0.4 is 5.32 Å². The van der Waals surface area contributed by atoms with E-state index in [0.717, 1.165) is 19.5 Å². The minimum atomic E-state index is -0.860. The number of hydrogen-bond acceptors (Lipinski definition) is 3. The first kappa shape index (κ1) is 12.0. The average molecular weight is 256 g/mol. The molecular weight excluding hydrogens is 240 g/mol. The number of dihydropyridines is 1. The second kappa shape index (κ2) is 4.90. The van der Waals surface area contributed by atoms with E-state index < -0.39 is 5.97 Å². The zero-order valence-corrected chi connectivity index (χ0v) is 10.5. The zero-order chi connectivity index (χ0) is 13.2. The van der Waals surface area contributed by atoms with Crippen LogP contribution in [-0.4, -0.2) is 28.7 Å². The molecule has 0 bridgehead atoms. The van der Waals surface area contributed by atoms with Gasteiger partial charge in [0.15, 0.2) is 0 Å². The van der Waals surface area contributed by atoms with E-state index in [9.17, 15) is 9.90 Å². The maximum absolute atomic E-state index is 11.3. The van der Waals surface area contributed by atoms with Crippen LogP contribution >= 0.6 is 0 Å². The van der Waals surface area contributed by atoms with Crippen molar-refractivity contribution >= 4 is 5.97 Å². The lowest BCUT2D eigenvalue weighted by atomic mass is 9.98. The number of carboxylic acids is 1. The Morgan fingerprint density at radius 3 is 2.89 bits per heavy atom. The third kappa shape index (κ3) is 2.27. The number of carbonyl (C=O) groups is 1. The molecule has 2 N–H and O–H groups in total. The van der Waals surface area contributed by atoms with E-state index in [0.29, 0.717) is 5.57 Å². The van der Waals surface area contributed by atoms with Gasteiger partial charge >= 0.3 is 5.97 Å². The van der Waals surface area contributed by atoms with Crippen molar-refractivity contribution < 1.29 is 9.90 Å². The Hall–Kier alpha value is -2.07. The van der Waals surface area contributed by atoms with E-state index in [2.05, 4.69) is 28.4 Å². The smallest absolute Gasteiger partial charge is 0.335 e. The van der Waals surface area contributed by atoms with Crippen LogP contribution in [0.15, 0.2) is 48.2 Å². The van der Waals surface area contributed by atoms with Gasteiger partial charge in [-0.3, -0.25) is 4.90 Å². The first-order valence-corrected chi connectivity index (χ1v) is 6.42. The van der Waals surface area contributed by atoms with Crippen LogP contribution in [0, 0.1) is 0 Å². The first-order valence-electron chi connectivity index (χ1n) is 6.42. The number of allylic oxidation sites excluding steroid dienone is 2. The predicted molar refractivity (Wildman–Crippen MR) is 72.3 cm³/mol. The van der Waals surface area contributed by atoms with Gasteiger partial charge in [0.2, 0.25) is 0 Å². The van der Waals surface area contributed by atoms with E-state index in [4.69, 9.17) is 0 Å². The zero-order valence-electron chi connectivity index (χ0n) is 10.5. The number of fused-ring (bicyclic) bond motifs is 1. The molecule has 1 unspecified atom stereocenters. The monoisotopic (exact) mass is 256 g/mol. The highest BCUT2D eigenvalue weighted by Crippen LogP contribution is 2.23. The first-order chi connectivity index (χ1) is 9.25. The van der Waals surface area contributed by atoms with Crippen LogP contribution in [0.25, 0.3) is 0 Å². The summed E-state index contributed by atoms with van der Waals surface area (Å²) in [6.07, 6.45) is 5.93. The van der Waals surface area contributed by atoms with E-state index in [1.165, 1.54) is 11.1 Å². The number of nitrogens with one attached hydrogen (secondary N) is 1. The van der Waals surface area contributed by atoms with Crippen LogP contribution in [0.4, 0.5) is 0 Å². The molecule has 0 saturated carbocycles. The summed E-state index contributed by atoms with van der Waals surface area (Å²) in [5.74, 6) is -0.860. The molecule has 98 valence electrons. The lowest BCUT2D eigenvalue weighted by Gasteiger charge is -2.36. The molecule has 19 heavy (non-hydrogen) atoms. The SMILES string of the molecule is O=C(O)C1=CC=CNC1N1CCc2ccccc2C1. The summed E-state index contributed by atoms with van der Waals surface area (Å²) >= 11 is 0.